The first-order valence-corrected chi connectivity index (χ1v) is 6.45. The minimum absolute atomic E-state index is 0. The molecular weight excluding hydrogens is 379 g/mol. The zero-order chi connectivity index (χ0) is 18.1. The third-order valence-electron chi connectivity index (χ3n) is 3.13. The van der Waals surface area contributed by atoms with Crippen molar-refractivity contribution in [1.82, 2.24) is 0 Å². The molecule has 138 valence electrons. The molecule has 0 amide bonds. The minimum Gasteiger partial charge on any atom is -0.406 e. The molecule has 2 nitrogen and oxygen atoms in total. The van der Waals surface area contributed by atoms with Gasteiger partial charge in [-0.2, -0.15) is 13.2 Å². The second kappa shape index (κ2) is 7.49. The van der Waals surface area contributed by atoms with Gasteiger partial charge in [0.05, 0.1) is 11.6 Å². The monoisotopic (exact) mass is 389 g/mol. The summed E-state index contributed by atoms with van der Waals surface area (Å²) >= 11 is 0. The molecule has 2 aromatic carbocycles. The van der Waals surface area contributed by atoms with Crippen LogP contribution in [0.15, 0.2) is 42.5 Å². The zero-order valence-corrected chi connectivity index (χ0v) is 13.0. The Labute approximate surface area is 143 Å². The van der Waals surface area contributed by atoms with Gasteiger partial charge in [0.15, 0.2) is 0 Å². The second-order valence-corrected chi connectivity index (χ2v) is 4.83. The van der Waals surface area contributed by atoms with Crippen molar-refractivity contribution in [2.45, 2.75) is 18.6 Å². The number of hydrogen-bond acceptors (Lipinski definition) is 2. The average molecular weight is 390 g/mol. The summed E-state index contributed by atoms with van der Waals surface area (Å²) in [6.45, 7) is 0. The van der Waals surface area contributed by atoms with E-state index >= 15 is 0 Å². The lowest BCUT2D eigenvalue weighted by molar-refractivity contribution is -0.274. The van der Waals surface area contributed by atoms with E-state index in [4.69, 9.17) is 5.73 Å². The molecule has 1 atom stereocenters. The summed E-state index contributed by atoms with van der Waals surface area (Å²) in [6.07, 6.45) is -9.68. The molecule has 0 heterocycles. The van der Waals surface area contributed by atoms with Crippen LogP contribution in [0.1, 0.15) is 22.7 Å². The highest BCUT2D eigenvalue weighted by Gasteiger charge is 2.34. The second-order valence-electron chi connectivity index (χ2n) is 4.83. The lowest BCUT2D eigenvalue weighted by Crippen LogP contribution is -2.17. The van der Waals surface area contributed by atoms with E-state index in [-0.39, 0.29) is 23.5 Å². The van der Waals surface area contributed by atoms with Crippen LogP contribution in [0.2, 0.25) is 0 Å². The Morgan fingerprint density at radius 2 is 1.36 bits per heavy atom. The Hall–Kier alpha value is -2.00. The average Bonchev–Trinajstić information content (AvgIpc) is 2.44. The molecule has 25 heavy (non-hydrogen) atoms. The fourth-order valence-electron chi connectivity index (χ4n) is 2.02. The van der Waals surface area contributed by atoms with E-state index in [0.29, 0.717) is 12.1 Å². The smallest absolute Gasteiger partial charge is 0.406 e. The summed E-state index contributed by atoms with van der Waals surface area (Å²) in [4.78, 5) is 0. The van der Waals surface area contributed by atoms with Crippen molar-refractivity contribution in [1.29, 1.82) is 0 Å². The van der Waals surface area contributed by atoms with Gasteiger partial charge >= 0.3 is 12.5 Å². The van der Waals surface area contributed by atoms with Gasteiger partial charge in [-0.05, 0) is 35.4 Å². The number of rotatable bonds is 3. The topological polar surface area (TPSA) is 35.2 Å². The van der Waals surface area contributed by atoms with Gasteiger partial charge in [0.1, 0.15) is 11.6 Å². The fraction of sp³-hybridized carbons (Fsp3) is 0.200. The molecule has 0 aliphatic heterocycles. The summed E-state index contributed by atoms with van der Waals surface area (Å²) in [5, 5.41) is 0. The highest BCUT2D eigenvalue weighted by molar-refractivity contribution is 5.85. The quantitative estimate of drug-likeness (QED) is 0.731. The van der Waals surface area contributed by atoms with Crippen LogP contribution in [0.4, 0.5) is 30.7 Å². The maximum Gasteiger partial charge on any atom is 0.573 e. The third kappa shape index (κ3) is 5.50. The van der Waals surface area contributed by atoms with Crippen LogP contribution in [-0.2, 0) is 6.18 Å². The van der Waals surface area contributed by atoms with Gasteiger partial charge in [-0.1, -0.05) is 18.2 Å². The Morgan fingerprint density at radius 1 is 0.840 bits per heavy atom. The molecule has 0 saturated heterocycles. The highest BCUT2D eigenvalue weighted by Crippen LogP contribution is 2.33. The van der Waals surface area contributed by atoms with E-state index in [1.807, 2.05) is 0 Å². The zero-order valence-electron chi connectivity index (χ0n) is 12.2. The first-order valence-electron chi connectivity index (χ1n) is 6.45. The molecule has 2 aromatic rings. The van der Waals surface area contributed by atoms with Crippen LogP contribution in [0.25, 0.3) is 0 Å². The molecular formula is C15H11ClF7NO. The minimum atomic E-state index is -4.85. The molecule has 0 fully saturated rings. The van der Waals surface area contributed by atoms with Crippen molar-refractivity contribution in [2.24, 2.45) is 5.73 Å². The largest absolute Gasteiger partial charge is 0.573 e. The Kier molecular flexibility index (Phi) is 6.30. The molecule has 0 aliphatic carbocycles. The molecule has 0 bridgehead atoms. The first kappa shape index (κ1) is 21.0. The highest BCUT2D eigenvalue weighted by atomic mass is 35.5. The van der Waals surface area contributed by atoms with Gasteiger partial charge in [0.2, 0.25) is 0 Å². The van der Waals surface area contributed by atoms with Gasteiger partial charge in [0.25, 0.3) is 0 Å². The van der Waals surface area contributed by atoms with Crippen LogP contribution >= 0.6 is 12.4 Å². The molecule has 0 aliphatic rings. The summed E-state index contributed by atoms with van der Waals surface area (Å²) in [7, 11) is 0. The normalized spacial score (nSPS) is 13.1. The molecule has 2 rings (SSSR count). The van der Waals surface area contributed by atoms with Crippen LogP contribution in [0.3, 0.4) is 0 Å². The number of alkyl halides is 6. The van der Waals surface area contributed by atoms with Gasteiger partial charge in [-0.3, -0.25) is 0 Å². The number of benzene rings is 2. The predicted molar refractivity (Wildman–Crippen MR) is 77.8 cm³/mol. The van der Waals surface area contributed by atoms with E-state index in [1.165, 1.54) is 12.1 Å². The van der Waals surface area contributed by atoms with E-state index in [9.17, 15) is 30.7 Å². The number of halogens is 8. The Balaban J connectivity index is 0.00000312. The van der Waals surface area contributed by atoms with Crippen molar-refractivity contribution in [3.63, 3.8) is 0 Å². The SMILES string of the molecule is Cl.N[C@H](c1ccc(OC(F)(F)F)cc1)c1ccc(C(F)(F)F)c(F)c1. The van der Waals surface area contributed by atoms with Crippen molar-refractivity contribution in [2.75, 3.05) is 0 Å². The summed E-state index contributed by atoms with van der Waals surface area (Å²) in [5.74, 6) is -1.95. The van der Waals surface area contributed by atoms with Crippen molar-refractivity contribution in [3.8, 4) is 5.75 Å². The van der Waals surface area contributed by atoms with Crippen LogP contribution in [0.5, 0.6) is 5.75 Å². The maximum absolute atomic E-state index is 13.6. The van der Waals surface area contributed by atoms with Crippen molar-refractivity contribution in [3.05, 3.63) is 65.0 Å². The Morgan fingerprint density at radius 3 is 1.80 bits per heavy atom. The molecule has 0 saturated carbocycles. The van der Waals surface area contributed by atoms with Crippen LogP contribution in [0, 0.1) is 5.82 Å². The maximum atomic E-state index is 13.6. The van der Waals surface area contributed by atoms with E-state index < -0.39 is 35.7 Å². The van der Waals surface area contributed by atoms with E-state index in [0.717, 1.165) is 18.2 Å². The van der Waals surface area contributed by atoms with E-state index in [1.54, 1.807) is 0 Å². The molecule has 10 heteroatoms. The number of nitrogens with two attached hydrogens (primary N) is 1. The third-order valence-corrected chi connectivity index (χ3v) is 3.13. The summed E-state index contributed by atoms with van der Waals surface area (Å²) in [6, 6.07) is 5.63. The molecule has 0 unspecified atom stereocenters. The van der Waals surface area contributed by atoms with Gasteiger partial charge < -0.3 is 10.5 Å². The molecule has 0 radical (unpaired) electrons. The number of hydrogen-bond donors (Lipinski definition) is 1. The summed E-state index contributed by atoms with van der Waals surface area (Å²) in [5.41, 5.74) is 4.71. The van der Waals surface area contributed by atoms with Crippen molar-refractivity contribution < 1.29 is 35.5 Å². The van der Waals surface area contributed by atoms with Gasteiger partial charge in [-0.15, -0.1) is 25.6 Å². The van der Waals surface area contributed by atoms with Crippen LogP contribution in [-0.4, -0.2) is 6.36 Å². The molecule has 0 spiro atoms. The Bertz CT molecular complexity index is 713. The first-order chi connectivity index (χ1) is 11.0. The van der Waals surface area contributed by atoms with E-state index in [2.05, 4.69) is 4.74 Å². The molecule has 2 N–H and O–H groups in total. The summed E-state index contributed by atoms with van der Waals surface area (Å²) < 4.78 is 91.0. The van der Waals surface area contributed by atoms with Crippen molar-refractivity contribution >= 4 is 12.4 Å². The van der Waals surface area contributed by atoms with Gasteiger partial charge in [-0.25, -0.2) is 4.39 Å². The standard InChI is InChI=1S/C15H10F7NO.ClH/c16-12-7-9(3-6-11(12)14(17,18)19)13(23)8-1-4-10(5-2-8)24-15(20,21)22;/h1-7,13H,23H2;1H/t13-;/m1./s1. The van der Waals surface area contributed by atoms with Crippen LogP contribution < -0.4 is 10.5 Å². The van der Waals surface area contributed by atoms with Gasteiger partial charge in [0, 0.05) is 0 Å². The lowest BCUT2D eigenvalue weighted by atomic mass is 9.98. The lowest BCUT2D eigenvalue weighted by Gasteiger charge is -2.16. The fourth-order valence-corrected chi connectivity index (χ4v) is 2.02. The predicted octanol–water partition coefficient (Wildman–Crippen LogP) is 5.21. The number of ether oxygens (including phenoxy) is 1. The molecule has 0 aromatic heterocycles.